The fourth-order valence-corrected chi connectivity index (χ4v) is 5.15. The van der Waals surface area contributed by atoms with Crippen molar-refractivity contribution in [2.45, 2.75) is 63.5 Å². The van der Waals surface area contributed by atoms with Gasteiger partial charge in [-0.15, -0.1) is 0 Å². The first kappa shape index (κ1) is 15.2. The minimum atomic E-state index is -0.115. The molecular weight excluding hydrogens is 290 g/mol. The second-order valence-electron chi connectivity index (χ2n) is 7.79. The van der Waals surface area contributed by atoms with Gasteiger partial charge in [-0.25, -0.2) is 0 Å². The number of aromatic nitrogens is 2. The van der Waals surface area contributed by atoms with Crippen molar-refractivity contribution >= 4 is 5.91 Å². The molecule has 1 N–H and O–H groups in total. The summed E-state index contributed by atoms with van der Waals surface area (Å²) in [6.45, 7) is 0. The second-order valence-corrected chi connectivity index (χ2v) is 7.79. The van der Waals surface area contributed by atoms with E-state index in [9.17, 15) is 9.90 Å². The van der Waals surface area contributed by atoms with Gasteiger partial charge < -0.3 is 10.0 Å². The molecule has 0 bridgehead atoms. The van der Waals surface area contributed by atoms with E-state index >= 15 is 0 Å². The molecule has 0 saturated heterocycles. The summed E-state index contributed by atoms with van der Waals surface area (Å²) < 4.78 is 1.80. The Bertz CT molecular complexity index is 610. The highest BCUT2D eigenvalue weighted by Crippen LogP contribution is 2.45. The van der Waals surface area contributed by atoms with E-state index in [4.69, 9.17) is 0 Å². The molecule has 5 heteroatoms. The first-order chi connectivity index (χ1) is 11.0. The number of carbonyl (C=O) groups excluding carboxylic acids is 1. The van der Waals surface area contributed by atoms with Gasteiger partial charge in [-0.1, -0.05) is 0 Å². The van der Waals surface area contributed by atoms with Crippen LogP contribution in [0.15, 0.2) is 0 Å². The Labute approximate surface area is 137 Å². The Hall–Kier alpha value is -1.36. The minimum Gasteiger partial charge on any atom is -0.393 e. The Morgan fingerprint density at radius 3 is 2.52 bits per heavy atom. The van der Waals surface area contributed by atoms with Gasteiger partial charge in [0.1, 0.15) is 5.69 Å². The van der Waals surface area contributed by atoms with Gasteiger partial charge in [0.2, 0.25) is 0 Å². The van der Waals surface area contributed by atoms with Crippen LogP contribution in [-0.4, -0.2) is 44.9 Å². The molecule has 4 rings (SSSR count). The van der Waals surface area contributed by atoms with E-state index in [1.807, 2.05) is 19.0 Å². The van der Waals surface area contributed by atoms with Crippen LogP contribution < -0.4 is 0 Å². The lowest BCUT2D eigenvalue weighted by Gasteiger charge is -2.26. The van der Waals surface area contributed by atoms with Crippen LogP contribution in [0.25, 0.3) is 0 Å². The van der Waals surface area contributed by atoms with Gasteiger partial charge in [-0.3, -0.25) is 9.48 Å². The monoisotopic (exact) mass is 317 g/mol. The van der Waals surface area contributed by atoms with Crippen LogP contribution in [0.1, 0.15) is 60.3 Å². The van der Waals surface area contributed by atoms with E-state index in [0.717, 1.165) is 56.3 Å². The quantitative estimate of drug-likeness (QED) is 0.906. The van der Waals surface area contributed by atoms with Crippen LogP contribution in [-0.2, 0) is 19.9 Å². The summed E-state index contributed by atoms with van der Waals surface area (Å²) in [6.07, 6.45) is 8.15. The van der Waals surface area contributed by atoms with Crippen LogP contribution in [0.5, 0.6) is 0 Å². The van der Waals surface area contributed by atoms with Crippen molar-refractivity contribution in [2.24, 2.45) is 18.9 Å². The van der Waals surface area contributed by atoms with Crippen LogP contribution in [0.3, 0.4) is 0 Å². The fourth-order valence-electron chi connectivity index (χ4n) is 5.15. The number of aliphatic hydroxyl groups is 1. The zero-order valence-electron chi connectivity index (χ0n) is 14.2. The molecule has 2 fully saturated rings. The topological polar surface area (TPSA) is 58.4 Å². The van der Waals surface area contributed by atoms with E-state index in [1.165, 1.54) is 12.0 Å². The molecule has 126 valence electrons. The molecule has 4 atom stereocenters. The molecule has 0 spiro atoms. The molecule has 3 aliphatic rings. The third kappa shape index (κ3) is 2.49. The number of fused-ring (bicyclic) bond motifs is 2. The SMILES string of the molecule is CN(C(=O)c1c2c(nn1C)CCCC2)C1C[C@H]2CC(O)C[C@H]2C1. The van der Waals surface area contributed by atoms with Crippen LogP contribution in [0, 0.1) is 11.8 Å². The smallest absolute Gasteiger partial charge is 0.272 e. The number of rotatable bonds is 2. The molecule has 1 aromatic rings. The van der Waals surface area contributed by atoms with Gasteiger partial charge >= 0.3 is 0 Å². The summed E-state index contributed by atoms with van der Waals surface area (Å²) in [5.74, 6) is 1.34. The highest BCUT2D eigenvalue weighted by Gasteiger charge is 2.43. The molecule has 2 saturated carbocycles. The predicted molar refractivity (Wildman–Crippen MR) is 87.2 cm³/mol. The highest BCUT2D eigenvalue weighted by atomic mass is 16.3. The zero-order chi connectivity index (χ0) is 16.1. The summed E-state index contributed by atoms with van der Waals surface area (Å²) in [6, 6.07) is 0.319. The van der Waals surface area contributed by atoms with Gasteiger partial charge in [0, 0.05) is 25.7 Å². The van der Waals surface area contributed by atoms with Gasteiger partial charge in [0.05, 0.1) is 11.8 Å². The summed E-state index contributed by atoms with van der Waals surface area (Å²) >= 11 is 0. The third-order valence-electron chi connectivity index (χ3n) is 6.36. The first-order valence-electron chi connectivity index (χ1n) is 9.04. The lowest BCUT2D eigenvalue weighted by Crippen LogP contribution is -2.37. The molecule has 3 aliphatic carbocycles. The van der Waals surface area contributed by atoms with Crippen molar-refractivity contribution in [1.29, 1.82) is 0 Å². The number of nitrogens with zero attached hydrogens (tertiary/aromatic N) is 3. The number of hydrogen-bond donors (Lipinski definition) is 1. The van der Waals surface area contributed by atoms with E-state index in [0.29, 0.717) is 17.9 Å². The number of carbonyl (C=O) groups is 1. The van der Waals surface area contributed by atoms with Gasteiger partial charge in [0.25, 0.3) is 5.91 Å². The van der Waals surface area contributed by atoms with Gasteiger partial charge in [-0.05, 0) is 63.2 Å². The average Bonchev–Trinajstić information content (AvgIpc) is 3.15. The largest absolute Gasteiger partial charge is 0.393 e. The van der Waals surface area contributed by atoms with Crippen molar-refractivity contribution in [1.82, 2.24) is 14.7 Å². The number of amides is 1. The number of hydrogen-bond acceptors (Lipinski definition) is 3. The molecule has 2 unspecified atom stereocenters. The first-order valence-corrected chi connectivity index (χ1v) is 9.04. The predicted octanol–water partition coefficient (Wildman–Crippen LogP) is 1.92. The van der Waals surface area contributed by atoms with Crippen LogP contribution in [0.2, 0.25) is 0 Å². The summed E-state index contributed by atoms with van der Waals surface area (Å²) in [5.41, 5.74) is 3.12. The molecular formula is C18H27N3O2. The average molecular weight is 317 g/mol. The van der Waals surface area contributed by atoms with Crippen molar-refractivity contribution in [3.05, 3.63) is 17.0 Å². The van der Waals surface area contributed by atoms with Crippen LogP contribution in [0.4, 0.5) is 0 Å². The Balaban J connectivity index is 1.52. The maximum atomic E-state index is 13.1. The number of aryl methyl sites for hydroxylation is 2. The lowest BCUT2D eigenvalue weighted by atomic mass is 9.95. The molecule has 1 aromatic heterocycles. The standard InChI is InChI=1S/C18H27N3O2/c1-20(13-7-11-9-14(22)10-12(11)8-13)18(23)17-15-5-3-4-6-16(15)19-21(17)2/h11-14,22H,3-10H2,1-2H3/t11-,12+,13?,14?. The summed E-state index contributed by atoms with van der Waals surface area (Å²) in [4.78, 5) is 15.0. The van der Waals surface area contributed by atoms with Crippen molar-refractivity contribution in [3.63, 3.8) is 0 Å². The minimum absolute atomic E-state index is 0.115. The van der Waals surface area contributed by atoms with Gasteiger partial charge in [0.15, 0.2) is 0 Å². The van der Waals surface area contributed by atoms with Gasteiger partial charge in [-0.2, -0.15) is 5.10 Å². The molecule has 5 nitrogen and oxygen atoms in total. The summed E-state index contributed by atoms with van der Waals surface area (Å²) in [7, 11) is 3.85. The summed E-state index contributed by atoms with van der Waals surface area (Å²) in [5, 5.41) is 14.4. The molecule has 1 heterocycles. The maximum Gasteiger partial charge on any atom is 0.272 e. The van der Waals surface area contributed by atoms with E-state index < -0.39 is 0 Å². The molecule has 23 heavy (non-hydrogen) atoms. The normalized spacial score (nSPS) is 32.7. The molecule has 0 aromatic carbocycles. The number of aliphatic hydroxyl groups excluding tert-OH is 1. The fraction of sp³-hybridized carbons (Fsp3) is 0.778. The molecule has 0 radical (unpaired) electrons. The van der Waals surface area contributed by atoms with E-state index in [1.54, 1.807) is 4.68 Å². The van der Waals surface area contributed by atoms with Crippen LogP contribution >= 0.6 is 0 Å². The Morgan fingerprint density at radius 1 is 1.17 bits per heavy atom. The maximum absolute atomic E-state index is 13.1. The molecule has 0 aliphatic heterocycles. The Kier molecular flexibility index (Phi) is 3.71. The van der Waals surface area contributed by atoms with Crippen molar-refractivity contribution < 1.29 is 9.90 Å². The third-order valence-corrected chi connectivity index (χ3v) is 6.36. The zero-order valence-corrected chi connectivity index (χ0v) is 14.2. The lowest BCUT2D eigenvalue weighted by molar-refractivity contribution is 0.0710. The van der Waals surface area contributed by atoms with Crippen molar-refractivity contribution in [2.75, 3.05) is 7.05 Å². The second kappa shape index (κ2) is 5.62. The van der Waals surface area contributed by atoms with E-state index in [2.05, 4.69) is 5.10 Å². The molecule has 1 amide bonds. The Morgan fingerprint density at radius 2 is 1.83 bits per heavy atom. The van der Waals surface area contributed by atoms with Crippen molar-refractivity contribution in [3.8, 4) is 0 Å². The highest BCUT2D eigenvalue weighted by molar-refractivity contribution is 5.94. The van der Waals surface area contributed by atoms with E-state index in [-0.39, 0.29) is 12.0 Å².